The summed E-state index contributed by atoms with van der Waals surface area (Å²) in [7, 11) is -1.39. The highest BCUT2D eigenvalue weighted by Crippen LogP contribution is 2.39. The average molecular weight is 530 g/mol. The van der Waals surface area contributed by atoms with Gasteiger partial charge in [-0.3, -0.25) is 4.98 Å². The third-order valence-corrected chi connectivity index (χ3v) is 10.1. The zero-order valence-corrected chi connectivity index (χ0v) is 24.1. The molecule has 2 heteroatoms. The van der Waals surface area contributed by atoms with E-state index in [0.717, 1.165) is 11.3 Å². The van der Waals surface area contributed by atoms with E-state index in [1.165, 1.54) is 59.8 Å². The van der Waals surface area contributed by atoms with Crippen LogP contribution in [0.2, 0.25) is 19.6 Å². The number of hydrogen-bond donors (Lipinski definition) is 0. The van der Waals surface area contributed by atoms with Gasteiger partial charge >= 0.3 is 0 Å². The third-order valence-electron chi connectivity index (χ3n) is 8.07. The van der Waals surface area contributed by atoms with Crippen LogP contribution in [0.1, 0.15) is 0 Å². The first-order valence-corrected chi connectivity index (χ1v) is 17.5. The van der Waals surface area contributed by atoms with Crippen LogP contribution >= 0.6 is 0 Å². The summed E-state index contributed by atoms with van der Waals surface area (Å²) >= 11 is 0. The lowest BCUT2D eigenvalue weighted by atomic mass is 9.90. The molecule has 1 aromatic heterocycles. The molecule has 7 aromatic rings. The molecule has 6 aromatic carbocycles. The molecule has 0 aliphatic carbocycles. The predicted octanol–water partition coefficient (Wildman–Crippen LogP) is 10.1. The van der Waals surface area contributed by atoms with Gasteiger partial charge in [-0.25, -0.2) is 0 Å². The molecular weight excluding hydrogens is 499 g/mol. The van der Waals surface area contributed by atoms with Crippen molar-refractivity contribution in [3.8, 4) is 33.5 Å². The molecule has 0 aliphatic heterocycles. The van der Waals surface area contributed by atoms with Crippen molar-refractivity contribution in [3.63, 3.8) is 0 Å². The Morgan fingerprint density at radius 2 is 0.925 bits per heavy atom. The number of aromatic nitrogens is 1. The number of benzene rings is 6. The second-order valence-electron chi connectivity index (χ2n) is 11.7. The molecular formula is C38H31NSi. The van der Waals surface area contributed by atoms with Crippen molar-refractivity contribution in [1.29, 1.82) is 0 Å². The SMILES string of the molecule is C[Si](C)(C)c1ccc(-c2ccc3c4ccccc4c4cc(-c5cccc(-c6ccccc6)c5)ccc4c3c2)nc1. The molecule has 0 fully saturated rings. The smallest absolute Gasteiger partial charge is 0.0796 e. The topological polar surface area (TPSA) is 12.9 Å². The molecule has 0 unspecified atom stereocenters. The summed E-state index contributed by atoms with van der Waals surface area (Å²) in [6.07, 6.45) is 2.08. The molecule has 40 heavy (non-hydrogen) atoms. The molecule has 192 valence electrons. The second kappa shape index (κ2) is 9.58. The fraction of sp³-hybridized carbons (Fsp3) is 0.0789. The Morgan fingerprint density at radius 1 is 0.400 bits per heavy atom. The van der Waals surface area contributed by atoms with Gasteiger partial charge in [0, 0.05) is 11.8 Å². The van der Waals surface area contributed by atoms with Gasteiger partial charge in [0.05, 0.1) is 13.8 Å². The Labute approximate surface area is 236 Å². The van der Waals surface area contributed by atoms with Crippen LogP contribution in [0.25, 0.3) is 65.8 Å². The lowest BCUT2D eigenvalue weighted by molar-refractivity contribution is 1.34. The summed E-state index contributed by atoms with van der Waals surface area (Å²) in [5.41, 5.74) is 7.12. The highest BCUT2D eigenvalue weighted by Gasteiger charge is 2.17. The molecule has 0 saturated carbocycles. The van der Waals surface area contributed by atoms with Gasteiger partial charge in [0.1, 0.15) is 0 Å². The van der Waals surface area contributed by atoms with E-state index in [-0.39, 0.29) is 0 Å². The zero-order chi connectivity index (χ0) is 27.3. The molecule has 0 saturated heterocycles. The Hall–Kier alpha value is -4.53. The van der Waals surface area contributed by atoms with Gasteiger partial charge in [-0.15, -0.1) is 0 Å². The van der Waals surface area contributed by atoms with Gasteiger partial charge in [-0.05, 0) is 84.0 Å². The third kappa shape index (κ3) is 4.31. The average Bonchev–Trinajstić information content (AvgIpc) is 3.01. The van der Waals surface area contributed by atoms with Crippen molar-refractivity contribution in [2.75, 3.05) is 0 Å². The van der Waals surface area contributed by atoms with Crippen molar-refractivity contribution >= 4 is 45.6 Å². The Balaban J connectivity index is 1.41. The fourth-order valence-corrected chi connectivity index (χ4v) is 6.85. The van der Waals surface area contributed by atoms with E-state index in [2.05, 4.69) is 153 Å². The molecule has 1 nitrogen and oxygen atoms in total. The number of pyridine rings is 1. The van der Waals surface area contributed by atoms with Gasteiger partial charge in [0.25, 0.3) is 0 Å². The molecule has 0 bridgehead atoms. The van der Waals surface area contributed by atoms with Crippen LogP contribution in [0.4, 0.5) is 0 Å². The van der Waals surface area contributed by atoms with Crippen molar-refractivity contribution in [3.05, 3.63) is 134 Å². The molecule has 0 N–H and O–H groups in total. The minimum atomic E-state index is -1.39. The van der Waals surface area contributed by atoms with Crippen molar-refractivity contribution < 1.29 is 0 Å². The zero-order valence-electron chi connectivity index (χ0n) is 23.1. The lowest BCUT2D eigenvalue weighted by Crippen LogP contribution is -2.37. The fourth-order valence-electron chi connectivity index (χ4n) is 5.81. The molecule has 0 atom stereocenters. The van der Waals surface area contributed by atoms with Gasteiger partial charge in [-0.2, -0.15) is 0 Å². The van der Waals surface area contributed by atoms with E-state index < -0.39 is 8.07 Å². The lowest BCUT2D eigenvalue weighted by Gasteiger charge is -2.16. The number of nitrogens with zero attached hydrogens (tertiary/aromatic N) is 1. The minimum absolute atomic E-state index is 1.03. The van der Waals surface area contributed by atoms with Gasteiger partial charge in [-0.1, -0.05) is 123 Å². The second-order valence-corrected chi connectivity index (χ2v) is 16.8. The largest absolute Gasteiger partial charge is 0.256 e. The standard InChI is InChI=1S/C38H31NSi/c1-40(2,3)31-18-21-38(39-25-31)30-17-20-34-32-14-7-8-15-33(32)36-23-29(16-19-35(36)37(34)24-30)28-13-9-12-27(22-28)26-10-5-4-6-11-26/h4-25H,1-3H3. The minimum Gasteiger partial charge on any atom is -0.256 e. The number of fused-ring (bicyclic) bond motifs is 6. The van der Waals surface area contributed by atoms with E-state index in [0.29, 0.717) is 0 Å². The van der Waals surface area contributed by atoms with Gasteiger partial charge < -0.3 is 0 Å². The van der Waals surface area contributed by atoms with E-state index in [1.807, 2.05) is 0 Å². The van der Waals surface area contributed by atoms with E-state index in [9.17, 15) is 0 Å². The molecule has 0 amide bonds. The predicted molar refractivity (Wildman–Crippen MR) is 176 cm³/mol. The molecule has 7 rings (SSSR count). The quantitative estimate of drug-likeness (QED) is 0.163. The van der Waals surface area contributed by atoms with Gasteiger partial charge in [0.2, 0.25) is 0 Å². The van der Waals surface area contributed by atoms with Crippen LogP contribution in [0, 0.1) is 0 Å². The van der Waals surface area contributed by atoms with E-state index >= 15 is 0 Å². The van der Waals surface area contributed by atoms with E-state index in [4.69, 9.17) is 4.98 Å². The maximum absolute atomic E-state index is 4.89. The highest BCUT2D eigenvalue weighted by atomic mass is 28.3. The van der Waals surface area contributed by atoms with Crippen LogP contribution < -0.4 is 5.19 Å². The summed E-state index contributed by atoms with van der Waals surface area (Å²) in [6.45, 7) is 7.09. The van der Waals surface area contributed by atoms with Crippen LogP contribution in [0.15, 0.2) is 134 Å². The molecule has 0 radical (unpaired) electrons. The first kappa shape index (κ1) is 24.5. The molecule has 1 heterocycles. The first-order valence-electron chi connectivity index (χ1n) is 14.0. The Kier molecular flexibility index (Phi) is 5.87. The summed E-state index contributed by atoms with van der Waals surface area (Å²) in [5.74, 6) is 0. The molecule has 0 spiro atoms. The highest BCUT2D eigenvalue weighted by molar-refractivity contribution is 6.88. The van der Waals surface area contributed by atoms with Crippen LogP contribution in [0.5, 0.6) is 0 Å². The maximum Gasteiger partial charge on any atom is 0.0796 e. The summed E-state index contributed by atoms with van der Waals surface area (Å²) in [4.78, 5) is 4.89. The van der Waals surface area contributed by atoms with Gasteiger partial charge in [0.15, 0.2) is 0 Å². The summed E-state index contributed by atoms with van der Waals surface area (Å²) in [5, 5.41) is 9.07. The van der Waals surface area contributed by atoms with Crippen LogP contribution in [0.3, 0.4) is 0 Å². The summed E-state index contributed by atoms with van der Waals surface area (Å²) < 4.78 is 0. The number of rotatable bonds is 4. The Morgan fingerprint density at radius 3 is 1.60 bits per heavy atom. The van der Waals surface area contributed by atoms with Crippen LogP contribution in [-0.2, 0) is 0 Å². The Bertz CT molecular complexity index is 2020. The summed E-state index contributed by atoms with van der Waals surface area (Å²) in [6, 6.07) is 46.5. The van der Waals surface area contributed by atoms with Crippen molar-refractivity contribution in [1.82, 2.24) is 4.98 Å². The van der Waals surface area contributed by atoms with Crippen LogP contribution in [-0.4, -0.2) is 13.1 Å². The van der Waals surface area contributed by atoms with Crippen molar-refractivity contribution in [2.45, 2.75) is 19.6 Å². The number of hydrogen-bond acceptors (Lipinski definition) is 1. The maximum atomic E-state index is 4.89. The van der Waals surface area contributed by atoms with Crippen molar-refractivity contribution in [2.24, 2.45) is 0 Å². The monoisotopic (exact) mass is 529 g/mol. The van der Waals surface area contributed by atoms with E-state index in [1.54, 1.807) is 0 Å². The normalized spacial score (nSPS) is 11.9. The molecule has 0 aliphatic rings. The first-order chi connectivity index (χ1) is 19.5.